The molecule has 0 bridgehead atoms. The molecule has 1 aliphatic rings. The number of likely N-dealkylation sites (tertiary alicyclic amines) is 1. The van der Waals surface area contributed by atoms with E-state index < -0.39 is 16.1 Å². The fourth-order valence-corrected chi connectivity index (χ4v) is 3.18. The molecule has 124 valence electrons. The fourth-order valence-electron chi connectivity index (χ4n) is 2.69. The van der Waals surface area contributed by atoms with E-state index in [2.05, 4.69) is 4.72 Å². The van der Waals surface area contributed by atoms with Crippen molar-refractivity contribution >= 4 is 15.9 Å². The third-order valence-corrected chi connectivity index (χ3v) is 5.02. The van der Waals surface area contributed by atoms with Crippen LogP contribution in [0.25, 0.3) is 0 Å². The van der Waals surface area contributed by atoms with Crippen LogP contribution in [0.5, 0.6) is 0 Å². The number of rotatable bonds is 7. The van der Waals surface area contributed by atoms with E-state index in [1.807, 2.05) is 18.7 Å². The lowest BCUT2D eigenvalue weighted by Crippen LogP contribution is -2.53. The summed E-state index contributed by atoms with van der Waals surface area (Å²) in [5.74, 6) is 0.169. The lowest BCUT2D eigenvalue weighted by Gasteiger charge is -2.38. The minimum absolute atomic E-state index is 0.00778. The number of nitrogens with zero attached hydrogens (tertiary/aromatic N) is 1. The number of hydrogen-bond donors (Lipinski definition) is 2. The van der Waals surface area contributed by atoms with Crippen molar-refractivity contribution in [3.8, 4) is 0 Å². The van der Waals surface area contributed by atoms with Gasteiger partial charge in [0.2, 0.25) is 15.9 Å². The Balaban J connectivity index is 2.62. The Bertz CT molecular complexity index is 439. The minimum atomic E-state index is -3.17. The molecule has 0 aromatic carbocycles. The average molecular weight is 319 g/mol. The van der Waals surface area contributed by atoms with Gasteiger partial charge in [0.25, 0.3) is 0 Å². The summed E-state index contributed by atoms with van der Waals surface area (Å²) in [5, 5.41) is 0. The summed E-state index contributed by atoms with van der Waals surface area (Å²) in [5.41, 5.74) is 6.06. The van der Waals surface area contributed by atoms with Crippen LogP contribution in [0.4, 0.5) is 0 Å². The monoisotopic (exact) mass is 319 g/mol. The predicted octanol–water partition coefficient (Wildman–Crippen LogP) is 0.680. The fraction of sp³-hybridized carbons (Fsp3) is 0.929. The summed E-state index contributed by atoms with van der Waals surface area (Å²) < 4.78 is 24.7. The van der Waals surface area contributed by atoms with E-state index in [1.54, 1.807) is 0 Å². The van der Waals surface area contributed by atoms with Crippen molar-refractivity contribution < 1.29 is 13.2 Å². The Morgan fingerprint density at radius 1 is 1.43 bits per heavy atom. The second kappa shape index (κ2) is 8.10. The van der Waals surface area contributed by atoms with Gasteiger partial charge in [-0.15, -0.1) is 0 Å². The second-order valence-electron chi connectivity index (χ2n) is 6.05. The lowest BCUT2D eigenvalue weighted by molar-refractivity contribution is -0.137. The van der Waals surface area contributed by atoms with Crippen LogP contribution in [0.15, 0.2) is 0 Å². The summed E-state index contributed by atoms with van der Waals surface area (Å²) in [4.78, 5) is 14.4. The third kappa shape index (κ3) is 5.92. The number of nitrogens with two attached hydrogens (primary N) is 1. The van der Waals surface area contributed by atoms with Crippen LogP contribution in [0.1, 0.15) is 46.0 Å². The van der Waals surface area contributed by atoms with Gasteiger partial charge in [-0.3, -0.25) is 4.79 Å². The van der Waals surface area contributed by atoms with Crippen LogP contribution in [0, 0.1) is 5.92 Å². The number of piperidine rings is 1. The molecule has 0 radical (unpaired) electrons. The first-order valence-electron chi connectivity index (χ1n) is 7.77. The summed E-state index contributed by atoms with van der Waals surface area (Å²) in [6.45, 7) is 5.12. The van der Waals surface area contributed by atoms with Crippen molar-refractivity contribution in [2.45, 2.75) is 58.0 Å². The molecular formula is C14H29N3O3S. The zero-order valence-corrected chi connectivity index (χ0v) is 14.2. The standard InChI is InChI=1S/C14H29N3O3S/c1-4-11(2)13(15)14(18)17-10-6-5-7-12(17)8-9-16-21(3,19)20/h11-13,16H,4-10,15H2,1-3H3. The highest BCUT2D eigenvalue weighted by Gasteiger charge is 2.31. The molecule has 3 atom stereocenters. The first-order valence-corrected chi connectivity index (χ1v) is 9.66. The Kier molecular flexibility index (Phi) is 7.09. The van der Waals surface area contributed by atoms with Gasteiger partial charge in [-0.05, 0) is 31.6 Å². The highest BCUT2D eigenvalue weighted by Crippen LogP contribution is 2.21. The van der Waals surface area contributed by atoms with Crippen molar-refractivity contribution in [2.24, 2.45) is 11.7 Å². The van der Waals surface area contributed by atoms with E-state index in [9.17, 15) is 13.2 Å². The first-order chi connectivity index (χ1) is 9.76. The molecule has 7 heteroatoms. The van der Waals surface area contributed by atoms with Crippen molar-refractivity contribution in [1.29, 1.82) is 0 Å². The lowest BCUT2D eigenvalue weighted by atomic mass is 9.94. The quantitative estimate of drug-likeness (QED) is 0.722. The van der Waals surface area contributed by atoms with Crippen molar-refractivity contribution in [1.82, 2.24) is 9.62 Å². The highest BCUT2D eigenvalue weighted by atomic mass is 32.2. The molecule has 3 N–H and O–H groups in total. The molecule has 1 heterocycles. The number of sulfonamides is 1. The van der Waals surface area contributed by atoms with Crippen LogP contribution >= 0.6 is 0 Å². The van der Waals surface area contributed by atoms with Crippen molar-refractivity contribution in [3.63, 3.8) is 0 Å². The predicted molar refractivity (Wildman–Crippen MR) is 84.2 cm³/mol. The summed E-state index contributed by atoms with van der Waals surface area (Å²) in [6.07, 6.45) is 5.66. The van der Waals surface area contributed by atoms with Gasteiger partial charge >= 0.3 is 0 Å². The topological polar surface area (TPSA) is 92.5 Å². The van der Waals surface area contributed by atoms with E-state index in [1.165, 1.54) is 0 Å². The molecule has 1 rings (SSSR count). The summed E-state index contributed by atoms with van der Waals surface area (Å²) in [7, 11) is -3.17. The summed E-state index contributed by atoms with van der Waals surface area (Å²) >= 11 is 0. The Morgan fingerprint density at radius 3 is 2.67 bits per heavy atom. The van der Waals surface area contributed by atoms with Gasteiger partial charge in [-0.1, -0.05) is 20.3 Å². The SMILES string of the molecule is CCC(C)C(N)C(=O)N1CCCCC1CCNS(C)(=O)=O. The van der Waals surface area contributed by atoms with Crippen LogP contribution in [0.2, 0.25) is 0 Å². The van der Waals surface area contributed by atoms with Gasteiger partial charge in [0.05, 0.1) is 12.3 Å². The van der Waals surface area contributed by atoms with Gasteiger partial charge in [-0.25, -0.2) is 13.1 Å². The number of amides is 1. The molecule has 0 saturated carbocycles. The van der Waals surface area contributed by atoms with Gasteiger partial charge in [-0.2, -0.15) is 0 Å². The van der Waals surface area contributed by atoms with Crippen LogP contribution in [-0.4, -0.2) is 50.7 Å². The Labute approximate surface area is 128 Å². The molecule has 1 saturated heterocycles. The molecule has 21 heavy (non-hydrogen) atoms. The molecule has 0 aromatic heterocycles. The number of nitrogens with one attached hydrogen (secondary N) is 1. The van der Waals surface area contributed by atoms with Crippen LogP contribution in [0.3, 0.4) is 0 Å². The molecular weight excluding hydrogens is 290 g/mol. The normalized spacial score (nSPS) is 22.9. The molecule has 6 nitrogen and oxygen atoms in total. The number of carbonyl (C=O) groups excluding carboxylic acids is 1. The van der Waals surface area contributed by atoms with Crippen LogP contribution in [-0.2, 0) is 14.8 Å². The maximum atomic E-state index is 12.5. The van der Waals surface area contributed by atoms with Gasteiger partial charge in [0, 0.05) is 19.1 Å². The number of carbonyl (C=O) groups is 1. The first kappa shape index (κ1) is 18.4. The van der Waals surface area contributed by atoms with E-state index in [0.717, 1.165) is 38.5 Å². The maximum Gasteiger partial charge on any atom is 0.240 e. The second-order valence-corrected chi connectivity index (χ2v) is 7.88. The van der Waals surface area contributed by atoms with Gasteiger partial charge in [0.1, 0.15) is 0 Å². The zero-order chi connectivity index (χ0) is 16.0. The molecule has 0 spiro atoms. The largest absolute Gasteiger partial charge is 0.338 e. The average Bonchev–Trinajstić information content (AvgIpc) is 2.44. The number of hydrogen-bond acceptors (Lipinski definition) is 4. The van der Waals surface area contributed by atoms with E-state index >= 15 is 0 Å². The van der Waals surface area contributed by atoms with E-state index in [0.29, 0.717) is 13.0 Å². The summed E-state index contributed by atoms with van der Waals surface area (Å²) in [6, 6.07) is -0.367. The third-order valence-electron chi connectivity index (χ3n) is 4.29. The molecule has 1 aliphatic heterocycles. The molecule has 1 fully saturated rings. The molecule has 1 amide bonds. The van der Waals surface area contributed by atoms with E-state index in [-0.39, 0.29) is 17.9 Å². The maximum absolute atomic E-state index is 12.5. The van der Waals surface area contributed by atoms with Gasteiger partial charge < -0.3 is 10.6 Å². The molecule has 3 unspecified atom stereocenters. The van der Waals surface area contributed by atoms with E-state index in [4.69, 9.17) is 5.73 Å². The van der Waals surface area contributed by atoms with Crippen molar-refractivity contribution in [2.75, 3.05) is 19.3 Å². The molecule has 0 aromatic rings. The van der Waals surface area contributed by atoms with Crippen molar-refractivity contribution in [3.05, 3.63) is 0 Å². The Morgan fingerprint density at radius 2 is 2.10 bits per heavy atom. The smallest absolute Gasteiger partial charge is 0.240 e. The zero-order valence-electron chi connectivity index (χ0n) is 13.3. The molecule has 0 aliphatic carbocycles. The minimum Gasteiger partial charge on any atom is -0.338 e. The Hall–Kier alpha value is -0.660. The highest BCUT2D eigenvalue weighted by molar-refractivity contribution is 7.88. The van der Waals surface area contributed by atoms with Crippen LogP contribution < -0.4 is 10.5 Å². The van der Waals surface area contributed by atoms with Gasteiger partial charge in [0.15, 0.2) is 0 Å².